The maximum Gasteiger partial charge on any atom is 0.191 e. The fourth-order valence-corrected chi connectivity index (χ4v) is 2.13. The molecule has 5 nitrogen and oxygen atoms in total. The topological polar surface area (TPSA) is 54.9 Å². The minimum atomic E-state index is 0. The van der Waals surface area contributed by atoms with Crippen LogP contribution in [0.3, 0.4) is 0 Å². The average Bonchev–Trinajstić information content (AvgIpc) is 2.77. The minimum Gasteiger partial charge on any atom is -0.490 e. The quantitative estimate of drug-likeness (QED) is 0.425. The van der Waals surface area contributed by atoms with Crippen LogP contribution in [-0.2, 0) is 6.54 Å². The number of guanidine groups is 1. The first-order valence-corrected chi connectivity index (χ1v) is 8.16. The maximum atomic E-state index is 5.72. The van der Waals surface area contributed by atoms with Crippen LogP contribution in [0.25, 0.3) is 0 Å². The van der Waals surface area contributed by atoms with Crippen molar-refractivity contribution in [1.29, 1.82) is 0 Å². The number of halogens is 1. The van der Waals surface area contributed by atoms with Crippen molar-refractivity contribution in [3.8, 4) is 11.5 Å². The SMILES string of the molecule is CCNC(=NCc1ccc2c(c1)OCCCO2)NC(C)CC.I. The summed E-state index contributed by atoms with van der Waals surface area (Å²) in [5, 5.41) is 6.67. The van der Waals surface area contributed by atoms with Crippen molar-refractivity contribution in [2.24, 2.45) is 4.99 Å². The highest BCUT2D eigenvalue weighted by atomic mass is 127. The van der Waals surface area contributed by atoms with E-state index in [4.69, 9.17) is 9.47 Å². The van der Waals surface area contributed by atoms with E-state index in [2.05, 4.69) is 36.4 Å². The van der Waals surface area contributed by atoms with Crippen molar-refractivity contribution >= 4 is 29.9 Å². The molecule has 1 aromatic carbocycles. The molecule has 2 rings (SSSR count). The van der Waals surface area contributed by atoms with Gasteiger partial charge in [-0.05, 0) is 38.0 Å². The lowest BCUT2D eigenvalue weighted by molar-refractivity contribution is 0.297. The first-order chi connectivity index (χ1) is 10.7. The number of nitrogens with zero attached hydrogens (tertiary/aromatic N) is 1. The van der Waals surface area contributed by atoms with Crippen molar-refractivity contribution in [2.75, 3.05) is 19.8 Å². The molecular formula is C17H28IN3O2. The van der Waals surface area contributed by atoms with E-state index in [1.807, 2.05) is 18.2 Å². The van der Waals surface area contributed by atoms with Crippen molar-refractivity contribution in [2.45, 2.75) is 46.2 Å². The molecule has 0 fully saturated rings. The number of hydrogen-bond donors (Lipinski definition) is 2. The van der Waals surface area contributed by atoms with Crippen LogP contribution in [-0.4, -0.2) is 31.8 Å². The maximum absolute atomic E-state index is 5.72. The van der Waals surface area contributed by atoms with Crippen LogP contribution in [0.4, 0.5) is 0 Å². The van der Waals surface area contributed by atoms with Crippen molar-refractivity contribution < 1.29 is 9.47 Å². The van der Waals surface area contributed by atoms with Gasteiger partial charge < -0.3 is 20.1 Å². The van der Waals surface area contributed by atoms with Gasteiger partial charge >= 0.3 is 0 Å². The van der Waals surface area contributed by atoms with Gasteiger partial charge in [0.25, 0.3) is 0 Å². The van der Waals surface area contributed by atoms with E-state index in [0.717, 1.165) is 42.4 Å². The summed E-state index contributed by atoms with van der Waals surface area (Å²) in [6, 6.07) is 6.45. The molecule has 1 aliphatic rings. The fourth-order valence-electron chi connectivity index (χ4n) is 2.13. The molecule has 2 N–H and O–H groups in total. The summed E-state index contributed by atoms with van der Waals surface area (Å²) in [7, 11) is 0. The molecule has 1 heterocycles. The van der Waals surface area contributed by atoms with Gasteiger partial charge in [-0.25, -0.2) is 4.99 Å². The van der Waals surface area contributed by atoms with Gasteiger partial charge in [0, 0.05) is 19.0 Å². The van der Waals surface area contributed by atoms with Crippen LogP contribution in [0, 0.1) is 0 Å². The number of benzene rings is 1. The molecule has 1 aromatic rings. The van der Waals surface area contributed by atoms with Crippen LogP contribution in [0.2, 0.25) is 0 Å². The Morgan fingerprint density at radius 3 is 2.65 bits per heavy atom. The summed E-state index contributed by atoms with van der Waals surface area (Å²) in [5.74, 6) is 2.50. The first kappa shape index (κ1) is 19.9. The molecule has 6 heteroatoms. The summed E-state index contributed by atoms with van der Waals surface area (Å²) in [6.07, 6.45) is 1.99. The van der Waals surface area contributed by atoms with E-state index in [9.17, 15) is 0 Å². The number of hydrogen-bond acceptors (Lipinski definition) is 3. The second-order valence-electron chi connectivity index (χ2n) is 5.48. The largest absolute Gasteiger partial charge is 0.490 e. The van der Waals surface area contributed by atoms with E-state index in [-0.39, 0.29) is 24.0 Å². The monoisotopic (exact) mass is 433 g/mol. The Labute approximate surface area is 156 Å². The number of fused-ring (bicyclic) bond motifs is 1. The molecule has 0 aliphatic carbocycles. The molecule has 1 unspecified atom stereocenters. The van der Waals surface area contributed by atoms with Gasteiger partial charge in [0.05, 0.1) is 19.8 Å². The molecule has 0 saturated carbocycles. The Bertz CT molecular complexity index is 509. The van der Waals surface area contributed by atoms with Gasteiger partial charge in [-0.3, -0.25) is 0 Å². The van der Waals surface area contributed by atoms with Gasteiger partial charge in [-0.15, -0.1) is 24.0 Å². The zero-order valence-electron chi connectivity index (χ0n) is 14.2. The first-order valence-electron chi connectivity index (χ1n) is 8.16. The number of aliphatic imine (C=N–C) groups is 1. The summed E-state index contributed by atoms with van der Waals surface area (Å²) in [6.45, 7) is 9.27. The van der Waals surface area contributed by atoms with Crippen LogP contribution in [0.15, 0.2) is 23.2 Å². The van der Waals surface area contributed by atoms with Gasteiger partial charge in [-0.1, -0.05) is 13.0 Å². The summed E-state index contributed by atoms with van der Waals surface area (Å²) < 4.78 is 11.4. The lowest BCUT2D eigenvalue weighted by Crippen LogP contribution is -2.41. The number of nitrogens with one attached hydrogen (secondary N) is 2. The molecule has 130 valence electrons. The van der Waals surface area contributed by atoms with Crippen LogP contribution in [0.1, 0.15) is 39.2 Å². The molecule has 0 amide bonds. The minimum absolute atomic E-state index is 0. The van der Waals surface area contributed by atoms with Gasteiger partial charge in [-0.2, -0.15) is 0 Å². The molecule has 1 aliphatic heterocycles. The third-order valence-corrected chi connectivity index (χ3v) is 3.57. The second kappa shape index (κ2) is 10.6. The highest BCUT2D eigenvalue weighted by molar-refractivity contribution is 14.0. The smallest absolute Gasteiger partial charge is 0.191 e. The number of rotatable bonds is 5. The third kappa shape index (κ3) is 6.45. The van der Waals surface area contributed by atoms with Gasteiger partial charge in [0.1, 0.15) is 0 Å². The lowest BCUT2D eigenvalue weighted by atomic mass is 10.2. The molecule has 1 atom stereocenters. The van der Waals surface area contributed by atoms with Gasteiger partial charge in [0.15, 0.2) is 17.5 Å². The Balaban J connectivity index is 0.00000264. The van der Waals surface area contributed by atoms with E-state index >= 15 is 0 Å². The van der Waals surface area contributed by atoms with Crippen molar-refractivity contribution in [3.63, 3.8) is 0 Å². The van der Waals surface area contributed by atoms with Gasteiger partial charge in [0.2, 0.25) is 0 Å². The Morgan fingerprint density at radius 2 is 1.96 bits per heavy atom. The Morgan fingerprint density at radius 1 is 1.22 bits per heavy atom. The molecule has 23 heavy (non-hydrogen) atoms. The summed E-state index contributed by atoms with van der Waals surface area (Å²) in [4.78, 5) is 4.64. The fraction of sp³-hybridized carbons (Fsp3) is 0.588. The van der Waals surface area contributed by atoms with Crippen LogP contribution in [0.5, 0.6) is 11.5 Å². The average molecular weight is 433 g/mol. The zero-order chi connectivity index (χ0) is 15.8. The predicted octanol–water partition coefficient (Wildman–Crippen LogP) is 3.32. The van der Waals surface area contributed by atoms with Crippen LogP contribution >= 0.6 is 24.0 Å². The van der Waals surface area contributed by atoms with E-state index in [0.29, 0.717) is 25.8 Å². The molecular weight excluding hydrogens is 405 g/mol. The third-order valence-electron chi connectivity index (χ3n) is 3.57. The highest BCUT2D eigenvalue weighted by Gasteiger charge is 2.10. The Kier molecular flexibility index (Phi) is 9.13. The Hall–Kier alpha value is -1.18. The highest BCUT2D eigenvalue weighted by Crippen LogP contribution is 2.30. The van der Waals surface area contributed by atoms with E-state index in [1.165, 1.54) is 0 Å². The normalized spacial score (nSPS) is 15.2. The van der Waals surface area contributed by atoms with Crippen LogP contribution < -0.4 is 20.1 Å². The second-order valence-corrected chi connectivity index (χ2v) is 5.48. The predicted molar refractivity (Wildman–Crippen MR) is 105 cm³/mol. The van der Waals surface area contributed by atoms with E-state index < -0.39 is 0 Å². The molecule has 0 aromatic heterocycles. The van der Waals surface area contributed by atoms with Crippen molar-refractivity contribution in [3.05, 3.63) is 23.8 Å². The number of ether oxygens (including phenoxy) is 2. The standard InChI is InChI=1S/C17H27N3O2.HI/c1-4-13(3)20-17(18-5-2)19-12-14-7-8-15-16(11-14)22-10-6-9-21-15;/h7-8,11,13H,4-6,9-10,12H2,1-3H3,(H2,18,19,20);1H. The molecule has 0 bridgehead atoms. The summed E-state index contributed by atoms with van der Waals surface area (Å²) in [5.41, 5.74) is 1.12. The van der Waals surface area contributed by atoms with E-state index in [1.54, 1.807) is 0 Å². The lowest BCUT2D eigenvalue weighted by Gasteiger charge is -2.16. The molecule has 0 saturated heterocycles. The van der Waals surface area contributed by atoms with Crippen molar-refractivity contribution in [1.82, 2.24) is 10.6 Å². The summed E-state index contributed by atoms with van der Waals surface area (Å²) >= 11 is 0. The molecule has 0 spiro atoms. The zero-order valence-corrected chi connectivity index (χ0v) is 16.6. The molecule has 0 radical (unpaired) electrons.